The Labute approximate surface area is 143 Å². The second-order valence-electron chi connectivity index (χ2n) is 5.10. The van der Waals surface area contributed by atoms with Gasteiger partial charge in [-0.05, 0) is 49.2 Å². The van der Waals surface area contributed by atoms with Crippen molar-refractivity contribution < 1.29 is 14.3 Å². The number of nitrogen functional groups attached to an aromatic ring is 1. The molecule has 0 aliphatic heterocycles. The number of amides is 1. The minimum Gasteiger partial charge on any atom is -0.452 e. The number of hydrogen-bond donors (Lipinski definition) is 2. The van der Waals surface area contributed by atoms with Crippen LogP contribution in [0.15, 0.2) is 40.9 Å². The van der Waals surface area contributed by atoms with Crippen molar-refractivity contribution in [3.63, 3.8) is 0 Å². The van der Waals surface area contributed by atoms with Crippen molar-refractivity contribution in [3.8, 4) is 0 Å². The number of aryl methyl sites for hydroxylation is 1. The van der Waals surface area contributed by atoms with E-state index < -0.39 is 11.9 Å². The summed E-state index contributed by atoms with van der Waals surface area (Å²) in [7, 11) is 0. The van der Waals surface area contributed by atoms with Gasteiger partial charge in [0.25, 0.3) is 5.91 Å². The highest BCUT2D eigenvalue weighted by atomic mass is 79.9. The van der Waals surface area contributed by atoms with E-state index in [2.05, 4.69) is 21.2 Å². The molecule has 23 heavy (non-hydrogen) atoms. The van der Waals surface area contributed by atoms with Crippen LogP contribution < -0.4 is 11.1 Å². The molecule has 0 unspecified atom stereocenters. The Morgan fingerprint density at radius 1 is 1.22 bits per heavy atom. The molecule has 0 atom stereocenters. The van der Waals surface area contributed by atoms with Gasteiger partial charge in [0.05, 0.1) is 5.56 Å². The molecule has 1 amide bonds. The lowest BCUT2D eigenvalue weighted by Gasteiger charge is -2.11. The Morgan fingerprint density at radius 3 is 2.70 bits per heavy atom. The third-order valence-electron chi connectivity index (χ3n) is 3.45. The number of halogens is 1. The van der Waals surface area contributed by atoms with Crippen molar-refractivity contribution in [2.24, 2.45) is 0 Å². The van der Waals surface area contributed by atoms with Crippen LogP contribution >= 0.6 is 15.9 Å². The normalized spacial score (nSPS) is 10.2. The number of ether oxygens (including phenoxy) is 1. The Hall–Kier alpha value is -2.34. The molecule has 2 aromatic carbocycles. The topological polar surface area (TPSA) is 81.4 Å². The van der Waals surface area contributed by atoms with Gasteiger partial charge in [-0.15, -0.1) is 0 Å². The molecule has 0 saturated heterocycles. The molecule has 0 aliphatic rings. The number of esters is 1. The number of rotatable bonds is 4. The van der Waals surface area contributed by atoms with Crippen LogP contribution in [0.25, 0.3) is 0 Å². The van der Waals surface area contributed by atoms with Gasteiger partial charge in [0.2, 0.25) is 0 Å². The zero-order valence-electron chi connectivity index (χ0n) is 12.9. The van der Waals surface area contributed by atoms with E-state index >= 15 is 0 Å². The van der Waals surface area contributed by atoms with Gasteiger partial charge in [0.15, 0.2) is 6.61 Å². The van der Waals surface area contributed by atoms with Crippen LogP contribution in [0, 0.1) is 13.8 Å². The van der Waals surface area contributed by atoms with Crippen LogP contribution in [-0.2, 0) is 9.53 Å². The summed E-state index contributed by atoms with van der Waals surface area (Å²) in [5, 5.41) is 2.73. The van der Waals surface area contributed by atoms with Crippen molar-refractivity contribution in [2.75, 3.05) is 17.7 Å². The van der Waals surface area contributed by atoms with E-state index in [1.165, 1.54) is 0 Å². The molecule has 120 valence electrons. The van der Waals surface area contributed by atoms with Gasteiger partial charge in [-0.1, -0.05) is 28.1 Å². The summed E-state index contributed by atoms with van der Waals surface area (Å²) in [5.41, 5.74) is 9.00. The number of nitrogens with one attached hydrogen (secondary N) is 1. The second-order valence-corrected chi connectivity index (χ2v) is 6.02. The lowest BCUT2D eigenvalue weighted by Crippen LogP contribution is -2.21. The lowest BCUT2D eigenvalue weighted by atomic mass is 10.1. The van der Waals surface area contributed by atoms with Crippen molar-refractivity contribution >= 4 is 39.2 Å². The molecule has 2 rings (SSSR count). The minimum atomic E-state index is -0.639. The van der Waals surface area contributed by atoms with E-state index in [0.29, 0.717) is 15.8 Å². The summed E-state index contributed by atoms with van der Waals surface area (Å²) >= 11 is 3.26. The standard InChI is InChI=1S/C17H17BrN2O3/c1-10-4-3-5-15(11(10)2)20-16(21)9-23-17(22)13-8-12(18)6-7-14(13)19/h3-8H,9,19H2,1-2H3,(H,20,21). The quantitative estimate of drug-likeness (QED) is 0.632. The fourth-order valence-electron chi connectivity index (χ4n) is 1.99. The largest absolute Gasteiger partial charge is 0.452 e. The smallest absolute Gasteiger partial charge is 0.340 e. The molecule has 0 radical (unpaired) electrons. The maximum absolute atomic E-state index is 12.0. The van der Waals surface area contributed by atoms with Crippen LogP contribution in [0.1, 0.15) is 21.5 Å². The first-order valence-electron chi connectivity index (χ1n) is 6.96. The van der Waals surface area contributed by atoms with Gasteiger partial charge in [-0.25, -0.2) is 4.79 Å². The molecular formula is C17H17BrN2O3. The SMILES string of the molecule is Cc1cccc(NC(=O)COC(=O)c2cc(Br)ccc2N)c1C. The Kier molecular flexibility index (Phi) is 5.39. The van der Waals surface area contributed by atoms with Gasteiger partial charge >= 0.3 is 5.97 Å². The highest BCUT2D eigenvalue weighted by Gasteiger charge is 2.14. The maximum atomic E-state index is 12.0. The number of nitrogens with two attached hydrogens (primary N) is 1. The van der Waals surface area contributed by atoms with Crippen LogP contribution in [0.3, 0.4) is 0 Å². The van der Waals surface area contributed by atoms with Crippen molar-refractivity contribution in [1.82, 2.24) is 0 Å². The van der Waals surface area contributed by atoms with Gasteiger partial charge in [-0.3, -0.25) is 4.79 Å². The molecule has 0 fully saturated rings. The van der Waals surface area contributed by atoms with E-state index in [-0.39, 0.29) is 12.2 Å². The lowest BCUT2D eigenvalue weighted by molar-refractivity contribution is -0.119. The monoisotopic (exact) mass is 376 g/mol. The van der Waals surface area contributed by atoms with E-state index in [0.717, 1.165) is 11.1 Å². The molecule has 2 aromatic rings. The Bertz CT molecular complexity index is 759. The number of hydrogen-bond acceptors (Lipinski definition) is 4. The zero-order valence-corrected chi connectivity index (χ0v) is 14.4. The molecule has 3 N–H and O–H groups in total. The van der Waals surface area contributed by atoms with Gasteiger partial charge in [0.1, 0.15) is 0 Å². The fourth-order valence-corrected chi connectivity index (χ4v) is 2.35. The number of anilines is 2. The third kappa shape index (κ3) is 4.32. The number of carbonyl (C=O) groups excluding carboxylic acids is 2. The summed E-state index contributed by atoms with van der Waals surface area (Å²) in [6.07, 6.45) is 0. The van der Waals surface area contributed by atoms with E-state index in [1.54, 1.807) is 24.3 Å². The highest BCUT2D eigenvalue weighted by Crippen LogP contribution is 2.20. The summed E-state index contributed by atoms with van der Waals surface area (Å²) in [4.78, 5) is 23.9. The molecule has 0 saturated carbocycles. The zero-order chi connectivity index (χ0) is 17.0. The molecule has 0 spiro atoms. The fraction of sp³-hybridized carbons (Fsp3) is 0.176. The van der Waals surface area contributed by atoms with Crippen molar-refractivity contribution in [1.29, 1.82) is 0 Å². The predicted molar refractivity (Wildman–Crippen MR) is 93.4 cm³/mol. The first-order chi connectivity index (χ1) is 10.9. The molecule has 0 aliphatic carbocycles. The highest BCUT2D eigenvalue weighted by molar-refractivity contribution is 9.10. The molecule has 5 nitrogen and oxygen atoms in total. The first-order valence-corrected chi connectivity index (χ1v) is 7.76. The summed E-state index contributed by atoms with van der Waals surface area (Å²) in [6, 6.07) is 10.5. The van der Waals surface area contributed by atoms with Gasteiger partial charge in [0, 0.05) is 15.8 Å². The third-order valence-corrected chi connectivity index (χ3v) is 3.94. The van der Waals surface area contributed by atoms with Gasteiger partial charge < -0.3 is 15.8 Å². The molecular weight excluding hydrogens is 360 g/mol. The molecule has 0 aromatic heterocycles. The van der Waals surface area contributed by atoms with E-state index in [9.17, 15) is 9.59 Å². The van der Waals surface area contributed by atoms with Crippen LogP contribution in [0.4, 0.5) is 11.4 Å². The Balaban J connectivity index is 1.98. The second kappa shape index (κ2) is 7.28. The minimum absolute atomic E-state index is 0.221. The average Bonchev–Trinajstić information content (AvgIpc) is 2.52. The van der Waals surface area contributed by atoms with Crippen LogP contribution in [-0.4, -0.2) is 18.5 Å². The van der Waals surface area contributed by atoms with Crippen molar-refractivity contribution in [3.05, 3.63) is 57.6 Å². The predicted octanol–water partition coefficient (Wildman–Crippen LogP) is 3.44. The van der Waals surface area contributed by atoms with Crippen LogP contribution in [0.5, 0.6) is 0 Å². The van der Waals surface area contributed by atoms with E-state index in [1.807, 2.05) is 26.0 Å². The number of benzene rings is 2. The average molecular weight is 377 g/mol. The summed E-state index contributed by atoms with van der Waals surface area (Å²) in [6.45, 7) is 3.50. The van der Waals surface area contributed by atoms with Crippen LogP contribution in [0.2, 0.25) is 0 Å². The maximum Gasteiger partial charge on any atom is 0.340 e. The van der Waals surface area contributed by atoms with E-state index in [4.69, 9.17) is 10.5 Å². The summed E-state index contributed by atoms with van der Waals surface area (Å²) in [5.74, 6) is -1.04. The summed E-state index contributed by atoms with van der Waals surface area (Å²) < 4.78 is 5.72. The molecule has 0 heterocycles. The molecule has 6 heteroatoms. The molecule has 0 bridgehead atoms. The number of carbonyl (C=O) groups is 2. The van der Waals surface area contributed by atoms with Gasteiger partial charge in [-0.2, -0.15) is 0 Å². The van der Waals surface area contributed by atoms with Crippen molar-refractivity contribution in [2.45, 2.75) is 13.8 Å². The first kappa shape index (κ1) is 17.0. The Morgan fingerprint density at radius 2 is 1.96 bits per heavy atom.